The summed E-state index contributed by atoms with van der Waals surface area (Å²) < 4.78 is 37.9. The number of hydrogen-bond donors (Lipinski definition) is 2. The normalized spacial score (nSPS) is 12.1. The first-order chi connectivity index (χ1) is 8.95. The lowest BCUT2D eigenvalue weighted by Crippen LogP contribution is -2.49. The number of aliphatic carboxylic acids is 1. The molecule has 8 heteroatoms. The van der Waals surface area contributed by atoms with Gasteiger partial charge >= 0.3 is 12.1 Å². The van der Waals surface area contributed by atoms with E-state index in [1.165, 1.54) is 13.8 Å². The van der Waals surface area contributed by atoms with Crippen LogP contribution in [0.2, 0.25) is 0 Å². The molecule has 1 rings (SSSR count). The summed E-state index contributed by atoms with van der Waals surface area (Å²) in [6, 6.07) is 2.58. The average Bonchev–Trinajstić information content (AvgIpc) is 2.26. The van der Waals surface area contributed by atoms with Crippen molar-refractivity contribution in [2.24, 2.45) is 0 Å². The average molecular weight is 354 g/mol. The smallest absolute Gasteiger partial charge is 0.416 e. The topological polar surface area (TPSA) is 66.4 Å². The Hall–Kier alpha value is -1.57. The predicted molar refractivity (Wildman–Crippen MR) is 68.3 cm³/mol. The Balaban J connectivity index is 3.14. The number of amides is 1. The number of hydrogen-bond acceptors (Lipinski definition) is 2. The van der Waals surface area contributed by atoms with Crippen molar-refractivity contribution < 1.29 is 27.9 Å². The van der Waals surface area contributed by atoms with Gasteiger partial charge in [-0.25, -0.2) is 4.79 Å². The lowest BCUT2D eigenvalue weighted by atomic mass is 10.0. The van der Waals surface area contributed by atoms with Crippen LogP contribution in [0.5, 0.6) is 0 Å². The largest absolute Gasteiger partial charge is 0.480 e. The number of halogens is 4. The number of carbonyl (C=O) groups excluding carboxylic acids is 1. The molecular formula is C12H11BrF3NO3. The first-order valence-corrected chi connectivity index (χ1v) is 6.17. The van der Waals surface area contributed by atoms with Gasteiger partial charge in [-0.05, 0) is 48.0 Å². The molecule has 0 heterocycles. The van der Waals surface area contributed by atoms with Crippen molar-refractivity contribution in [3.63, 3.8) is 0 Å². The molecule has 0 spiro atoms. The molecule has 0 fully saturated rings. The van der Waals surface area contributed by atoms with E-state index in [0.717, 1.165) is 12.1 Å². The van der Waals surface area contributed by atoms with Gasteiger partial charge in [0.25, 0.3) is 5.91 Å². The van der Waals surface area contributed by atoms with Crippen LogP contribution in [-0.4, -0.2) is 22.5 Å². The fourth-order valence-corrected chi connectivity index (χ4v) is 1.71. The number of nitrogens with one attached hydrogen (secondary N) is 1. The van der Waals surface area contributed by atoms with Gasteiger partial charge in [-0.3, -0.25) is 4.79 Å². The van der Waals surface area contributed by atoms with Gasteiger partial charge in [0.05, 0.1) is 11.1 Å². The zero-order valence-corrected chi connectivity index (χ0v) is 12.1. The number of carbonyl (C=O) groups is 2. The van der Waals surface area contributed by atoms with E-state index in [-0.39, 0.29) is 10.0 Å². The van der Waals surface area contributed by atoms with Gasteiger partial charge in [-0.2, -0.15) is 13.2 Å². The molecule has 0 radical (unpaired) electrons. The highest BCUT2D eigenvalue weighted by Gasteiger charge is 2.33. The molecule has 0 bridgehead atoms. The van der Waals surface area contributed by atoms with E-state index in [1.807, 2.05) is 0 Å². The van der Waals surface area contributed by atoms with Crippen LogP contribution in [0.3, 0.4) is 0 Å². The Kier molecular flexibility index (Phi) is 4.48. The third-order valence-electron chi connectivity index (χ3n) is 2.50. The first kappa shape index (κ1) is 16.5. The molecule has 0 atom stereocenters. The monoisotopic (exact) mass is 353 g/mol. The SMILES string of the molecule is CC(C)(NC(=O)c1cc(C(F)(F)F)ccc1Br)C(=O)O. The van der Waals surface area contributed by atoms with E-state index in [2.05, 4.69) is 21.2 Å². The third kappa shape index (κ3) is 3.72. The van der Waals surface area contributed by atoms with Gasteiger partial charge < -0.3 is 10.4 Å². The van der Waals surface area contributed by atoms with Crippen LogP contribution in [0.1, 0.15) is 29.8 Å². The van der Waals surface area contributed by atoms with Gasteiger partial charge in [0.15, 0.2) is 0 Å². The summed E-state index contributed by atoms with van der Waals surface area (Å²) in [5, 5.41) is 11.0. The Bertz CT molecular complexity index is 555. The lowest BCUT2D eigenvalue weighted by Gasteiger charge is -2.21. The van der Waals surface area contributed by atoms with Crippen molar-refractivity contribution in [3.8, 4) is 0 Å². The van der Waals surface area contributed by atoms with Gasteiger partial charge in [-0.1, -0.05) is 0 Å². The van der Waals surface area contributed by atoms with E-state index in [0.29, 0.717) is 6.07 Å². The van der Waals surface area contributed by atoms with Crippen LogP contribution in [0.4, 0.5) is 13.2 Å². The number of carboxylic acid groups (broad SMARTS) is 1. The van der Waals surface area contributed by atoms with Crippen molar-refractivity contribution in [3.05, 3.63) is 33.8 Å². The Morgan fingerprint density at radius 1 is 1.25 bits per heavy atom. The summed E-state index contributed by atoms with van der Waals surface area (Å²) in [6.45, 7) is 2.46. The van der Waals surface area contributed by atoms with Crippen LogP contribution in [0, 0.1) is 0 Å². The van der Waals surface area contributed by atoms with Crippen LogP contribution >= 0.6 is 15.9 Å². The summed E-state index contributed by atoms with van der Waals surface area (Å²) in [6.07, 6.45) is -4.59. The van der Waals surface area contributed by atoms with Crippen LogP contribution in [0.25, 0.3) is 0 Å². The molecule has 0 aliphatic rings. The number of benzene rings is 1. The Labute approximate surface area is 121 Å². The molecule has 2 N–H and O–H groups in total. The minimum absolute atomic E-state index is 0.143. The summed E-state index contributed by atoms with van der Waals surface area (Å²) in [7, 11) is 0. The maximum atomic E-state index is 12.6. The van der Waals surface area contributed by atoms with Gasteiger partial charge in [-0.15, -0.1) is 0 Å². The zero-order chi connectivity index (χ0) is 15.7. The molecule has 1 aromatic rings. The molecule has 4 nitrogen and oxygen atoms in total. The summed E-state index contributed by atoms with van der Waals surface area (Å²) in [4.78, 5) is 22.8. The highest BCUT2D eigenvalue weighted by atomic mass is 79.9. The highest BCUT2D eigenvalue weighted by Crippen LogP contribution is 2.32. The third-order valence-corrected chi connectivity index (χ3v) is 3.19. The number of alkyl halides is 3. The molecule has 1 aromatic carbocycles. The number of carboxylic acids is 1. The van der Waals surface area contributed by atoms with E-state index in [9.17, 15) is 22.8 Å². The zero-order valence-electron chi connectivity index (χ0n) is 10.5. The molecule has 0 aliphatic carbocycles. The molecular weight excluding hydrogens is 343 g/mol. The Morgan fingerprint density at radius 3 is 2.25 bits per heavy atom. The second-order valence-electron chi connectivity index (χ2n) is 4.58. The van der Waals surface area contributed by atoms with Crippen LogP contribution in [0.15, 0.2) is 22.7 Å². The van der Waals surface area contributed by atoms with Gasteiger partial charge in [0.1, 0.15) is 5.54 Å². The van der Waals surface area contributed by atoms with Crippen molar-refractivity contribution in [1.29, 1.82) is 0 Å². The quantitative estimate of drug-likeness (QED) is 0.877. The minimum Gasteiger partial charge on any atom is -0.480 e. The van der Waals surface area contributed by atoms with E-state index < -0.39 is 29.2 Å². The first-order valence-electron chi connectivity index (χ1n) is 5.38. The molecule has 0 unspecified atom stereocenters. The van der Waals surface area contributed by atoms with E-state index >= 15 is 0 Å². The van der Waals surface area contributed by atoms with Gasteiger partial charge in [0.2, 0.25) is 0 Å². The molecule has 0 aromatic heterocycles. The van der Waals surface area contributed by atoms with Crippen LogP contribution in [-0.2, 0) is 11.0 Å². The van der Waals surface area contributed by atoms with Crippen molar-refractivity contribution in [1.82, 2.24) is 5.32 Å². The highest BCUT2D eigenvalue weighted by molar-refractivity contribution is 9.10. The van der Waals surface area contributed by atoms with E-state index in [1.54, 1.807) is 0 Å². The molecule has 110 valence electrons. The molecule has 0 aliphatic heterocycles. The minimum atomic E-state index is -4.59. The molecule has 1 amide bonds. The standard InChI is InChI=1S/C12H11BrF3NO3/c1-11(2,10(19)20)17-9(18)7-5-6(12(14,15)16)3-4-8(7)13/h3-5H,1-2H3,(H,17,18)(H,19,20). The molecule has 20 heavy (non-hydrogen) atoms. The molecule has 0 saturated carbocycles. The predicted octanol–water partition coefficient (Wildman–Crippen LogP) is 3.06. The fraction of sp³-hybridized carbons (Fsp3) is 0.333. The van der Waals surface area contributed by atoms with Crippen molar-refractivity contribution in [2.45, 2.75) is 25.6 Å². The maximum Gasteiger partial charge on any atom is 0.416 e. The van der Waals surface area contributed by atoms with E-state index in [4.69, 9.17) is 5.11 Å². The summed E-state index contributed by atoms with van der Waals surface area (Å²) in [5.74, 6) is -2.20. The summed E-state index contributed by atoms with van der Waals surface area (Å²) in [5.41, 5.74) is -2.86. The van der Waals surface area contributed by atoms with Crippen molar-refractivity contribution in [2.75, 3.05) is 0 Å². The van der Waals surface area contributed by atoms with Crippen molar-refractivity contribution >= 4 is 27.8 Å². The van der Waals surface area contributed by atoms with Gasteiger partial charge in [0, 0.05) is 4.47 Å². The Morgan fingerprint density at radius 2 is 1.80 bits per heavy atom. The second-order valence-corrected chi connectivity index (χ2v) is 5.43. The lowest BCUT2D eigenvalue weighted by molar-refractivity contribution is -0.143. The second kappa shape index (κ2) is 5.43. The summed E-state index contributed by atoms with van der Waals surface area (Å²) >= 11 is 2.97. The van der Waals surface area contributed by atoms with Crippen LogP contribution < -0.4 is 5.32 Å². The number of rotatable bonds is 3. The molecule has 0 saturated heterocycles. The fourth-order valence-electron chi connectivity index (χ4n) is 1.28. The maximum absolute atomic E-state index is 12.6.